The van der Waals surface area contributed by atoms with Crippen molar-refractivity contribution in [3.8, 4) is 0 Å². The zero-order valence-corrected chi connectivity index (χ0v) is 12.4. The standard InChI is InChI=1S/C16H23NO3/c1-4-17-14(11-19-12(2)10-18-3)16-9-13-7-5-6-8-15(13)20-16/h5-9,12,14,17H,4,10-11H2,1-3H3. The van der Waals surface area contributed by atoms with E-state index in [1.807, 2.05) is 25.1 Å². The average Bonchev–Trinajstić information content (AvgIpc) is 2.87. The van der Waals surface area contributed by atoms with Gasteiger partial charge in [0, 0.05) is 12.5 Å². The van der Waals surface area contributed by atoms with Gasteiger partial charge in [-0.2, -0.15) is 0 Å². The van der Waals surface area contributed by atoms with Crippen molar-refractivity contribution in [3.63, 3.8) is 0 Å². The van der Waals surface area contributed by atoms with Crippen LogP contribution in [-0.4, -0.2) is 33.0 Å². The lowest BCUT2D eigenvalue weighted by Crippen LogP contribution is -2.28. The van der Waals surface area contributed by atoms with Gasteiger partial charge in [-0.3, -0.25) is 0 Å². The third kappa shape index (κ3) is 3.82. The number of para-hydroxylation sites is 1. The van der Waals surface area contributed by atoms with Crippen LogP contribution in [0.5, 0.6) is 0 Å². The molecule has 0 bridgehead atoms. The van der Waals surface area contributed by atoms with Gasteiger partial charge < -0.3 is 19.2 Å². The maximum atomic E-state index is 5.90. The Morgan fingerprint density at radius 2 is 2.05 bits per heavy atom. The molecule has 20 heavy (non-hydrogen) atoms. The highest BCUT2D eigenvalue weighted by Crippen LogP contribution is 2.24. The molecule has 0 aliphatic heterocycles. The number of ether oxygens (including phenoxy) is 2. The maximum absolute atomic E-state index is 5.90. The largest absolute Gasteiger partial charge is 0.459 e. The Morgan fingerprint density at radius 1 is 1.25 bits per heavy atom. The fourth-order valence-corrected chi connectivity index (χ4v) is 2.21. The van der Waals surface area contributed by atoms with E-state index in [1.54, 1.807) is 7.11 Å². The summed E-state index contributed by atoms with van der Waals surface area (Å²) in [5.41, 5.74) is 0.912. The molecule has 110 valence electrons. The second-order valence-electron chi connectivity index (χ2n) is 4.90. The van der Waals surface area contributed by atoms with Crippen LogP contribution in [0.4, 0.5) is 0 Å². The van der Waals surface area contributed by atoms with E-state index in [0.717, 1.165) is 23.3 Å². The minimum Gasteiger partial charge on any atom is -0.459 e. The molecule has 0 aliphatic rings. The van der Waals surface area contributed by atoms with Gasteiger partial charge >= 0.3 is 0 Å². The monoisotopic (exact) mass is 277 g/mol. The number of rotatable bonds is 8. The maximum Gasteiger partial charge on any atom is 0.134 e. The molecule has 0 amide bonds. The minimum absolute atomic E-state index is 0.0618. The molecule has 1 aromatic carbocycles. The fraction of sp³-hybridized carbons (Fsp3) is 0.500. The van der Waals surface area contributed by atoms with Gasteiger partial charge in [-0.25, -0.2) is 0 Å². The van der Waals surface area contributed by atoms with Crippen LogP contribution in [0.2, 0.25) is 0 Å². The van der Waals surface area contributed by atoms with Gasteiger partial charge in [-0.1, -0.05) is 25.1 Å². The van der Waals surface area contributed by atoms with Gasteiger partial charge in [0.1, 0.15) is 11.3 Å². The number of hydrogen-bond acceptors (Lipinski definition) is 4. The van der Waals surface area contributed by atoms with E-state index in [0.29, 0.717) is 13.2 Å². The van der Waals surface area contributed by atoms with E-state index in [1.165, 1.54) is 0 Å². The minimum atomic E-state index is 0.0618. The molecule has 2 aromatic rings. The van der Waals surface area contributed by atoms with Crippen molar-refractivity contribution in [2.45, 2.75) is 26.0 Å². The third-order valence-corrected chi connectivity index (χ3v) is 3.19. The van der Waals surface area contributed by atoms with Crippen LogP contribution in [0.1, 0.15) is 25.6 Å². The van der Waals surface area contributed by atoms with Gasteiger partial charge in [0.2, 0.25) is 0 Å². The Morgan fingerprint density at radius 3 is 2.75 bits per heavy atom. The number of benzene rings is 1. The van der Waals surface area contributed by atoms with E-state index in [2.05, 4.69) is 24.4 Å². The highest BCUT2D eigenvalue weighted by atomic mass is 16.5. The molecule has 2 unspecified atom stereocenters. The predicted octanol–water partition coefficient (Wildman–Crippen LogP) is 3.13. The van der Waals surface area contributed by atoms with Crippen molar-refractivity contribution in [3.05, 3.63) is 36.1 Å². The molecule has 0 radical (unpaired) electrons. The summed E-state index contributed by atoms with van der Waals surface area (Å²) in [5.74, 6) is 0.915. The molecule has 0 spiro atoms. The van der Waals surface area contributed by atoms with Crippen molar-refractivity contribution in [2.75, 3.05) is 26.9 Å². The second kappa shape index (κ2) is 7.43. The molecule has 2 atom stereocenters. The zero-order chi connectivity index (χ0) is 14.4. The summed E-state index contributed by atoms with van der Waals surface area (Å²) in [6.45, 7) is 6.11. The number of nitrogens with one attached hydrogen (secondary N) is 1. The summed E-state index contributed by atoms with van der Waals surface area (Å²) in [5, 5.41) is 4.52. The van der Waals surface area contributed by atoms with Crippen LogP contribution in [0.3, 0.4) is 0 Å². The topological polar surface area (TPSA) is 43.6 Å². The average molecular weight is 277 g/mol. The molecule has 4 nitrogen and oxygen atoms in total. The van der Waals surface area contributed by atoms with E-state index in [-0.39, 0.29) is 12.1 Å². The highest BCUT2D eigenvalue weighted by molar-refractivity contribution is 5.77. The van der Waals surface area contributed by atoms with Crippen LogP contribution in [0.25, 0.3) is 11.0 Å². The third-order valence-electron chi connectivity index (χ3n) is 3.19. The quantitative estimate of drug-likeness (QED) is 0.805. The lowest BCUT2D eigenvalue weighted by atomic mass is 10.2. The van der Waals surface area contributed by atoms with E-state index in [9.17, 15) is 0 Å². The van der Waals surface area contributed by atoms with Gasteiger partial charge in [-0.05, 0) is 25.6 Å². The highest BCUT2D eigenvalue weighted by Gasteiger charge is 2.17. The molecule has 1 aromatic heterocycles. The first kappa shape index (κ1) is 15.0. The lowest BCUT2D eigenvalue weighted by molar-refractivity contribution is -0.00237. The Kier molecular flexibility index (Phi) is 5.59. The second-order valence-corrected chi connectivity index (χ2v) is 4.90. The number of furan rings is 1. The molecular formula is C16H23NO3. The van der Waals surface area contributed by atoms with Crippen molar-refractivity contribution < 1.29 is 13.9 Å². The number of likely N-dealkylation sites (N-methyl/N-ethyl adjacent to an activating group) is 1. The predicted molar refractivity (Wildman–Crippen MR) is 79.9 cm³/mol. The number of methoxy groups -OCH3 is 1. The van der Waals surface area contributed by atoms with Crippen LogP contribution >= 0.6 is 0 Å². The Labute approximate surface area is 120 Å². The molecule has 2 rings (SSSR count). The molecule has 1 N–H and O–H groups in total. The Bertz CT molecular complexity index is 490. The smallest absolute Gasteiger partial charge is 0.134 e. The first-order chi connectivity index (χ1) is 9.74. The lowest BCUT2D eigenvalue weighted by Gasteiger charge is -2.18. The summed E-state index contributed by atoms with van der Waals surface area (Å²) in [4.78, 5) is 0. The van der Waals surface area contributed by atoms with Crippen molar-refractivity contribution in [1.29, 1.82) is 0 Å². The first-order valence-electron chi connectivity index (χ1n) is 7.07. The molecule has 0 aliphatic carbocycles. The number of fused-ring (bicyclic) bond motifs is 1. The summed E-state index contributed by atoms with van der Waals surface area (Å²) in [7, 11) is 1.68. The first-order valence-corrected chi connectivity index (χ1v) is 7.07. The summed E-state index contributed by atoms with van der Waals surface area (Å²) in [6, 6.07) is 10.2. The van der Waals surface area contributed by atoms with E-state index < -0.39 is 0 Å². The molecule has 4 heteroatoms. The van der Waals surface area contributed by atoms with Crippen LogP contribution in [-0.2, 0) is 9.47 Å². The van der Waals surface area contributed by atoms with E-state index >= 15 is 0 Å². The van der Waals surface area contributed by atoms with Gasteiger partial charge in [-0.15, -0.1) is 0 Å². The summed E-state index contributed by atoms with van der Waals surface area (Å²) < 4.78 is 16.8. The normalized spacial score (nSPS) is 14.6. The van der Waals surface area contributed by atoms with Crippen LogP contribution in [0, 0.1) is 0 Å². The molecular weight excluding hydrogens is 254 g/mol. The molecule has 0 fully saturated rings. The summed E-state index contributed by atoms with van der Waals surface area (Å²) in [6.07, 6.45) is 0.0746. The number of hydrogen-bond donors (Lipinski definition) is 1. The molecule has 1 heterocycles. The Hall–Kier alpha value is -1.36. The van der Waals surface area contributed by atoms with Gasteiger partial charge in [0.25, 0.3) is 0 Å². The summed E-state index contributed by atoms with van der Waals surface area (Å²) >= 11 is 0. The van der Waals surface area contributed by atoms with Crippen LogP contribution in [0.15, 0.2) is 34.7 Å². The molecule has 0 saturated carbocycles. The van der Waals surface area contributed by atoms with Crippen LogP contribution < -0.4 is 5.32 Å². The van der Waals surface area contributed by atoms with Crippen molar-refractivity contribution in [1.82, 2.24) is 5.32 Å². The zero-order valence-electron chi connectivity index (χ0n) is 12.4. The Balaban J connectivity index is 2.07. The molecule has 0 saturated heterocycles. The van der Waals surface area contributed by atoms with Gasteiger partial charge in [0.05, 0.1) is 25.4 Å². The van der Waals surface area contributed by atoms with Gasteiger partial charge in [0.15, 0.2) is 0 Å². The van der Waals surface area contributed by atoms with Crippen molar-refractivity contribution >= 4 is 11.0 Å². The fourth-order valence-electron chi connectivity index (χ4n) is 2.21. The van der Waals surface area contributed by atoms with E-state index in [4.69, 9.17) is 13.9 Å². The SMILES string of the molecule is CCNC(COC(C)COC)c1cc2ccccc2o1. The van der Waals surface area contributed by atoms with Crippen molar-refractivity contribution in [2.24, 2.45) is 0 Å².